The minimum atomic E-state index is -0.676. The van der Waals surface area contributed by atoms with Gasteiger partial charge in [-0.2, -0.15) is 0 Å². The van der Waals surface area contributed by atoms with Gasteiger partial charge in [-0.25, -0.2) is 9.59 Å². The van der Waals surface area contributed by atoms with Crippen LogP contribution in [0.15, 0.2) is 36.0 Å². The van der Waals surface area contributed by atoms with E-state index in [0.717, 1.165) is 6.08 Å². The van der Waals surface area contributed by atoms with Crippen LogP contribution in [0.1, 0.15) is 6.92 Å². The van der Waals surface area contributed by atoms with Crippen LogP contribution in [0.3, 0.4) is 0 Å². The summed E-state index contributed by atoms with van der Waals surface area (Å²) in [6.07, 6.45) is 0.945. The van der Waals surface area contributed by atoms with E-state index in [1.54, 1.807) is 31.4 Å². The molecule has 1 aromatic carbocycles. The van der Waals surface area contributed by atoms with Crippen LogP contribution in [0.5, 0.6) is 5.75 Å². The highest BCUT2D eigenvalue weighted by molar-refractivity contribution is 5.98. The van der Waals surface area contributed by atoms with E-state index in [2.05, 4.69) is 14.8 Å². The number of rotatable bonds is 8. The van der Waals surface area contributed by atoms with Gasteiger partial charge in [0.15, 0.2) is 0 Å². The Balaban J connectivity index is 2.79. The van der Waals surface area contributed by atoms with Gasteiger partial charge in [0, 0.05) is 12.8 Å². The number of hydrogen-bond donors (Lipinski definition) is 1. The maximum absolute atomic E-state index is 11.7. The van der Waals surface area contributed by atoms with E-state index in [-0.39, 0.29) is 11.8 Å². The molecule has 0 aliphatic heterocycles. The van der Waals surface area contributed by atoms with Gasteiger partial charge in [0.2, 0.25) is 0 Å². The Morgan fingerprint density at radius 1 is 1.13 bits per heavy atom. The standard InChI is InChI=1S/C16H21NO6/c1-11(10-20-2)23-13-7-5-12(6-8-13)17-14(16(19)22-4)9-15(18)21-3/h5-9,11,17H,10H2,1-4H3/b14-9+. The number of anilines is 1. The summed E-state index contributed by atoms with van der Waals surface area (Å²) in [5.74, 6) is -0.674. The summed E-state index contributed by atoms with van der Waals surface area (Å²) in [5, 5.41) is 2.81. The molecule has 23 heavy (non-hydrogen) atoms. The van der Waals surface area contributed by atoms with E-state index in [9.17, 15) is 9.59 Å². The quantitative estimate of drug-likeness (QED) is 0.576. The summed E-state index contributed by atoms with van der Waals surface area (Å²) in [6, 6.07) is 6.90. The second-order valence-electron chi connectivity index (χ2n) is 4.61. The molecule has 0 spiro atoms. The molecule has 7 nitrogen and oxygen atoms in total. The molecule has 0 aliphatic carbocycles. The topological polar surface area (TPSA) is 83.1 Å². The summed E-state index contributed by atoms with van der Waals surface area (Å²) in [7, 11) is 4.05. The number of methoxy groups -OCH3 is 3. The maximum atomic E-state index is 11.7. The van der Waals surface area contributed by atoms with Crippen molar-refractivity contribution in [2.75, 3.05) is 33.3 Å². The fraction of sp³-hybridized carbons (Fsp3) is 0.375. The first-order valence-corrected chi connectivity index (χ1v) is 6.90. The lowest BCUT2D eigenvalue weighted by Crippen LogP contribution is -2.18. The number of nitrogens with one attached hydrogen (secondary N) is 1. The first kappa shape index (κ1) is 18.5. The van der Waals surface area contributed by atoms with Crippen molar-refractivity contribution >= 4 is 17.6 Å². The predicted molar refractivity (Wildman–Crippen MR) is 84.1 cm³/mol. The third-order valence-corrected chi connectivity index (χ3v) is 2.74. The molecule has 1 atom stereocenters. The monoisotopic (exact) mass is 323 g/mol. The minimum Gasteiger partial charge on any atom is -0.488 e. The van der Waals surface area contributed by atoms with Gasteiger partial charge >= 0.3 is 11.9 Å². The number of benzene rings is 1. The number of hydrogen-bond acceptors (Lipinski definition) is 7. The Bertz CT molecular complexity index is 552. The summed E-state index contributed by atoms with van der Waals surface area (Å²) in [4.78, 5) is 22.9. The van der Waals surface area contributed by atoms with Crippen molar-refractivity contribution in [1.82, 2.24) is 0 Å². The number of carbonyl (C=O) groups is 2. The molecule has 0 aromatic heterocycles. The van der Waals surface area contributed by atoms with Crippen LogP contribution in [-0.4, -0.2) is 46.0 Å². The van der Waals surface area contributed by atoms with Crippen LogP contribution < -0.4 is 10.1 Å². The summed E-state index contributed by atoms with van der Waals surface area (Å²) in [6.45, 7) is 2.37. The molecule has 1 N–H and O–H groups in total. The van der Waals surface area contributed by atoms with E-state index in [0.29, 0.717) is 18.0 Å². The van der Waals surface area contributed by atoms with Gasteiger partial charge in [-0.3, -0.25) is 0 Å². The average Bonchev–Trinajstić information content (AvgIpc) is 2.55. The van der Waals surface area contributed by atoms with Crippen LogP contribution >= 0.6 is 0 Å². The van der Waals surface area contributed by atoms with Crippen LogP contribution in [0, 0.1) is 0 Å². The Hall–Kier alpha value is -2.54. The smallest absolute Gasteiger partial charge is 0.354 e. The van der Waals surface area contributed by atoms with Gasteiger partial charge in [-0.15, -0.1) is 0 Å². The summed E-state index contributed by atoms with van der Waals surface area (Å²) >= 11 is 0. The van der Waals surface area contributed by atoms with Gasteiger partial charge in [0.25, 0.3) is 0 Å². The fourth-order valence-corrected chi connectivity index (χ4v) is 1.71. The van der Waals surface area contributed by atoms with Crippen LogP contribution in [0.4, 0.5) is 5.69 Å². The molecule has 0 fully saturated rings. The molecule has 0 heterocycles. The third kappa shape index (κ3) is 6.39. The van der Waals surface area contributed by atoms with E-state index >= 15 is 0 Å². The van der Waals surface area contributed by atoms with Crippen LogP contribution in [0.25, 0.3) is 0 Å². The highest BCUT2D eigenvalue weighted by atomic mass is 16.5. The van der Waals surface area contributed by atoms with Gasteiger partial charge in [-0.05, 0) is 31.2 Å². The first-order chi connectivity index (χ1) is 11.0. The second-order valence-corrected chi connectivity index (χ2v) is 4.61. The Kier molecular flexibility index (Phi) is 7.62. The Morgan fingerprint density at radius 2 is 1.78 bits per heavy atom. The van der Waals surface area contributed by atoms with Gasteiger partial charge in [-0.1, -0.05) is 0 Å². The lowest BCUT2D eigenvalue weighted by atomic mass is 10.2. The second kappa shape index (κ2) is 9.47. The lowest BCUT2D eigenvalue weighted by molar-refractivity contribution is -0.138. The SMILES string of the molecule is COCC(C)Oc1ccc(N/C(=C/C(=O)OC)C(=O)OC)cc1. The average molecular weight is 323 g/mol. The predicted octanol–water partition coefficient (Wildman–Crippen LogP) is 1.74. The first-order valence-electron chi connectivity index (χ1n) is 6.90. The van der Waals surface area contributed by atoms with Crippen molar-refractivity contribution in [3.05, 3.63) is 36.0 Å². The van der Waals surface area contributed by atoms with Gasteiger partial charge in [0.1, 0.15) is 17.6 Å². The van der Waals surface area contributed by atoms with Gasteiger partial charge < -0.3 is 24.3 Å². The highest BCUT2D eigenvalue weighted by Crippen LogP contribution is 2.18. The highest BCUT2D eigenvalue weighted by Gasteiger charge is 2.13. The van der Waals surface area contributed by atoms with E-state index in [1.165, 1.54) is 14.2 Å². The van der Waals surface area contributed by atoms with Crippen molar-refractivity contribution in [1.29, 1.82) is 0 Å². The van der Waals surface area contributed by atoms with Crippen molar-refractivity contribution in [3.63, 3.8) is 0 Å². The molecule has 0 saturated heterocycles. The molecular formula is C16H21NO6. The molecule has 1 rings (SSSR count). The fourth-order valence-electron chi connectivity index (χ4n) is 1.71. The molecule has 1 aromatic rings. The van der Waals surface area contributed by atoms with E-state index < -0.39 is 11.9 Å². The molecule has 0 bridgehead atoms. The molecule has 7 heteroatoms. The third-order valence-electron chi connectivity index (χ3n) is 2.74. The van der Waals surface area contributed by atoms with Crippen molar-refractivity contribution < 1.29 is 28.5 Å². The number of carbonyl (C=O) groups excluding carboxylic acids is 2. The zero-order chi connectivity index (χ0) is 17.2. The van der Waals surface area contributed by atoms with Crippen molar-refractivity contribution in [3.8, 4) is 5.75 Å². The van der Waals surface area contributed by atoms with Crippen LogP contribution in [0.2, 0.25) is 0 Å². The molecule has 1 unspecified atom stereocenters. The van der Waals surface area contributed by atoms with Gasteiger partial charge in [0.05, 0.1) is 26.9 Å². The molecule has 0 radical (unpaired) electrons. The molecule has 0 amide bonds. The zero-order valence-electron chi connectivity index (χ0n) is 13.6. The lowest BCUT2D eigenvalue weighted by Gasteiger charge is -2.14. The zero-order valence-corrected chi connectivity index (χ0v) is 13.6. The molecule has 0 saturated carbocycles. The number of esters is 2. The normalized spacial score (nSPS) is 12.3. The number of ether oxygens (including phenoxy) is 4. The van der Waals surface area contributed by atoms with Crippen LogP contribution in [-0.2, 0) is 23.8 Å². The Morgan fingerprint density at radius 3 is 2.30 bits per heavy atom. The Labute approximate surface area is 135 Å². The molecular weight excluding hydrogens is 302 g/mol. The molecule has 0 aliphatic rings. The summed E-state index contributed by atoms with van der Waals surface area (Å²) < 4.78 is 19.8. The largest absolute Gasteiger partial charge is 0.488 e. The molecule has 126 valence electrons. The van der Waals surface area contributed by atoms with Crippen molar-refractivity contribution in [2.45, 2.75) is 13.0 Å². The van der Waals surface area contributed by atoms with Crippen molar-refractivity contribution in [2.24, 2.45) is 0 Å². The van der Waals surface area contributed by atoms with E-state index in [1.807, 2.05) is 6.92 Å². The minimum absolute atomic E-state index is 0.0271. The summed E-state index contributed by atoms with van der Waals surface area (Å²) in [5.41, 5.74) is 0.568. The van der Waals surface area contributed by atoms with E-state index in [4.69, 9.17) is 9.47 Å². The maximum Gasteiger partial charge on any atom is 0.354 e.